The van der Waals surface area contributed by atoms with Crippen LogP contribution in [0.4, 0.5) is 0 Å². The number of nitrogens with zero attached hydrogens (tertiary/aromatic N) is 1. The maximum absolute atomic E-state index is 12.5. The van der Waals surface area contributed by atoms with Crippen molar-refractivity contribution in [2.45, 2.75) is 63.8 Å². The minimum atomic E-state index is -0.868. The Morgan fingerprint density at radius 1 is 1.10 bits per heavy atom. The molecule has 0 aliphatic heterocycles. The van der Waals surface area contributed by atoms with E-state index in [1.807, 2.05) is 0 Å². The van der Waals surface area contributed by atoms with Crippen LogP contribution in [0.15, 0.2) is 0 Å². The van der Waals surface area contributed by atoms with Gasteiger partial charge >= 0.3 is 5.97 Å². The zero-order valence-corrected chi connectivity index (χ0v) is 12.0. The number of rotatable bonds is 6. The Hall–Kier alpha value is -1.10. The summed E-state index contributed by atoms with van der Waals surface area (Å²) >= 11 is 0. The van der Waals surface area contributed by atoms with E-state index in [0.29, 0.717) is 19.4 Å². The van der Waals surface area contributed by atoms with Crippen molar-refractivity contribution in [2.75, 3.05) is 13.2 Å². The van der Waals surface area contributed by atoms with Gasteiger partial charge in [-0.25, -0.2) is 0 Å². The van der Waals surface area contributed by atoms with E-state index in [1.54, 1.807) is 4.90 Å². The van der Waals surface area contributed by atoms with Crippen LogP contribution >= 0.6 is 0 Å². The van der Waals surface area contributed by atoms with Crippen molar-refractivity contribution in [3.63, 3.8) is 0 Å². The second-order valence-electron chi connectivity index (χ2n) is 6.22. The first kappa shape index (κ1) is 15.3. The van der Waals surface area contributed by atoms with Gasteiger partial charge in [-0.1, -0.05) is 19.3 Å². The normalized spacial score (nSPS) is 22.1. The first-order valence-electron chi connectivity index (χ1n) is 7.73. The summed E-state index contributed by atoms with van der Waals surface area (Å²) in [4.78, 5) is 25.8. The summed E-state index contributed by atoms with van der Waals surface area (Å²) in [6, 6.07) is 0.212. The smallest absolute Gasteiger partial charge is 0.310 e. The van der Waals surface area contributed by atoms with Crippen molar-refractivity contribution in [3.8, 4) is 0 Å². The standard InChI is InChI=1S/C15H25NO4/c17-10-9-16(12-5-4-6-12)13(18)11-15(14(19)20)7-2-1-3-8-15/h12,17H,1-11H2,(H,19,20). The number of hydrogen-bond donors (Lipinski definition) is 2. The molecule has 2 saturated carbocycles. The molecule has 5 nitrogen and oxygen atoms in total. The van der Waals surface area contributed by atoms with E-state index < -0.39 is 11.4 Å². The molecule has 0 heterocycles. The molecule has 0 atom stereocenters. The molecule has 0 saturated heterocycles. The molecule has 0 aromatic heterocycles. The summed E-state index contributed by atoms with van der Waals surface area (Å²) in [6.45, 7) is 0.279. The van der Waals surface area contributed by atoms with Crippen molar-refractivity contribution in [3.05, 3.63) is 0 Å². The Balaban J connectivity index is 2.04. The van der Waals surface area contributed by atoms with Crippen molar-refractivity contribution >= 4 is 11.9 Å². The summed E-state index contributed by atoms with van der Waals surface area (Å²) in [5.74, 6) is -0.920. The van der Waals surface area contributed by atoms with Crippen LogP contribution in [-0.4, -0.2) is 46.2 Å². The van der Waals surface area contributed by atoms with Gasteiger partial charge in [-0.2, -0.15) is 0 Å². The first-order valence-corrected chi connectivity index (χ1v) is 7.73. The Morgan fingerprint density at radius 2 is 1.75 bits per heavy atom. The summed E-state index contributed by atoms with van der Waals surface area (Å²) in [5.41, 5.74) is -0.868. The van der Waals surface area contributed by atoms with Crippen LogP contribution < -0.4 is 0 Å². The predicted octanol–water partition coefficient (Wildman–Crippen LogP) is 1.78. The number of carbonyl (C=O) groups is 2. The number of aliphatic carboxylic acids is 1. The molecule has 2 aliphatic carbocycles. The zero-order chi connectivity index (χ0) is 14.6. The Kier molecular flexibility index (Phi) is 5.02. The van der Waals surface area contributed by atoms with Crippen LogP contribution in [0.3, 0.4) is 0 Å². The third kappa shape index (κ3) is 3.14. The highest BCUT2D eigenvalue weighted by Crippen LogP contribution is 2.40. The second-order valence-corrected chi connectivity index (χ2v) is 6.22. The summed E-state index contributed by atoms with van der Waals surface area (Å²) in [6.07, 6.45) is 7.22. The highest BCUT2D eigenvalue weighted by atomic mass is 16.4. The minimum absolute atomic E-state index is 0.0533. The molecule has 114 valence electrons. The molecule has 0 unspecified atom stereocenters. The lowest BCUT2D eigenvalue weighted by atomic mass is 9.71. The number of carboxylic acids is 1. The number of carbonyl (C=O) groups excluding carboxylic acids is 1. The lowest BCUT2D eigenvalue weighted by molar-refractivity contribution is -0.157. The molecular weight excluding hydrogens is 258 g/mol. The van der Waals surface area contributed by atoms with E-state index in [-0.39, 0.29) is 25.0 Å². The van der Waals surface area contributed by atoms with Gasteiger partial charge in [0, 0.05) is 19.0 Å². The number of carboxylic acid groups (broad SMARTS) is 1. The fraction of sp³-hybridized carbons (Fsp3) is 0.867. The predicted molar refractivity (Wildman–Crippen MR) is 74.2 cm³/mol. The Bertz CT molecular complexity index is 359. The van der Waals surface area contributed by atoms with E-state index in [9.17, 15) is 14.7 Å². The summed E-state index contributed by atoms with van der Waals surface area (Å²) < 4.78 is 0. The summed E-state index contributed by atoms with van der Waals surface area (Å²) in [5, 5.41) is 18.7. The van der Waals surface area contributed by atoms with Crippen LogP contribution in [0.5, 0.6) is 0 Å². The average Bonchev–Trinajstić information content (AvgIpc) is 2.37. The van der Waals surface area contributed by atoms with Gasteiger partial charge in [-0.3, -0.25) is 9.59 Å². The van der Waals surface area contributed by atoms with Gasteiger partial charge in [0.2, 0.25) is 5.91 Å². The van der Waals surface area contributed by atoms with Gasteiger partial charge in [0.1, 0.15) is 0 Å². The van der Waals surface area contributed by atoms with Crippen molar-refractivity contribution in [1.82, 2.24) is 4.90 Å². The molecule has 20 heavy (non-hydrogen) atoms. The molecule has 1 amide bonds. The third-order valence-corrected chi connectivity index (χ3v) is 4.93. The van der Waals surface area contributed by atoms with Gasteiger partial charge in [-0.15, -0.1) is 0 Å². The summed E-state index contributed by atoms with van der Waals surface area (Å²) in [7, 11) is 0. The van der Waals surface area contributed by atoms with Gasteiger partial charge in [0.05, 0.1) is 12.0 Å². The molecule has 2 aliphatic rings. The molecule has 2 N–H and O–H groups in total. The van der Waals surface area contributed by atoms with Crippen LogP contribution in [0.25, 0.3) is 0 Å². The molecule has 0 radical (unpaired) electrons. The van der Waals surface area contributed by atoms with Crippen molar-refractivity contribution in [2.24, 2.45) is 5.41 Å². The number of aliphatic hydroxyl groups is 1. The molecule has 0 spiro atoms. The highest BCUT2D eigenvalue weighted by molar-refractivity contribution is 5.85. The number of amides is 1. The van der Waals surface area contributed by atoms with Gasteiger partial charge < -0.3 is 15.1 Å². The van der Waals surface area contributed by atoms with E-state index >= 15 is 0 Å². The Labute approximate surface area is 120 Å². The Morgan fingerprint density at radius 3 is 2.20 bits per heavy atom. The number of hydrogen-bond acceptors (Lipinski definition) is 3. The number of aliphatic hydroxyl groups excluding tert-OH is 1. The highest BCUT2D eigenvalue weighted by Gasteiger charge is 2.43. The maximum atomic E-state index is 12.5. The lowest BCUT2D eigenvalue weighted by Gasteiger charge is -2.40. The average molecular weight is 283 g/mol. The van der Waals surface area contributed by atoms with Crippen LogP contribution in [0.2, 0.25) is 0 Å². The largest absolute Gasteiger partial charge is 0.481 e. The van der Waals surface area contributed by atoms with Gasteiger partial charge in [-0.05, 0) is 32.1 Å². The van der Waals surface area contributed by atoms with Crippen LogP contribution in [0, 0.1) is 5.41 Å². The molecular formula is C15H25NO4. The van der Waals surface area contributed by atoms with Crippen LogP contribution in [0.1, 0.15) is 57.8 Å². The van der Waals surface area contributed by atoms with Crippen molar-refractivity contribution < 1.29 is 19.8 Å². The fourth-order valence-corrected chi connectivity index (χ4v) is 3.40. The SMILES string of the molecule is O=C(CC1(C(=O)O)CCCCC1)N(CCO)C1CCC1. The maximum Gasteiger partial charge on any atom is 0.310 e. The van der Waals surface area contributed by atoms with Gasteiger partial charge in [0.25, 0.3) is 0 Å². The molecule has 0 aromatic rings. The molecule has 0 aromatic carbocycles. The zero-order valence-electron chi connectivity index (χ0n) is 12.0. The van der Waals surface area contributed by atoms with E-state index in [0.717, 1.165) is 38.5 Å². The minimum Gasteiger partial charge on any atom is -0.481 e. The molecule has 2 rings (SSSR count). The first-order chi connectivity index (χ1) is 9.59. The molecule has 5 heteroatoms. The fourth-order valence-electron chi connectivity index (χ4n) is 3.40. The quantitative estimate of drug-likeness (QED) is 0.779. The topological polar surface area (TPSA) is 77.8 Å². The van der Waals surface area contributed by atoms with E-state index in [2.05, 4.69) is 0 Å². The third-order valence-electron chi connectivity index (χ3n) is 4.93. The van der Waals surface area contributed by atoms with E-state index in [4.69, 9.17) is 5.11 Å². The lowest BCUT2D eigenvalue weighted by Crippen LogP contribution is -2.48. The van der Waals surface area contributed by atoms with Crippen molar-refractivity contribution in [1.29, 1.82) is 0 Å². The molecule has 0 bridgehead atoms. The second kappa shape index (κ2) is 6.57. The molecule has 2 fully saturated rings. The monoisotopic (exact) mass is 283 g/mol. The van der Waals surface area contributed by atoms with Gasteiger partial charge in [0.15, 0.2) is 0 Å². The van der Waals surface area contributed by atoms with Crippen LogP contribution in [-0.2, 0) is 9.59 Å². The van der Waals surface area contributed by atoms with E-state index in [1.165, 1.54) is 0 Å².